The molecule has 0 bridgehead atoms. The van der Waals surface area contributed by atoms with Crippen molar-refractivity contribution in [2.75, 3.05) is 45.9 Å². The Kier molecular flexibility index (Phi) is 7.28. The second kappa shape index (κ2) is 10.1. The molecule has 3 rings (SSSR count). The predicted molar refractivity (Wildman–Crippen MR) is 104 cm³/mol. The molecule has 2 heterocycles. The largest absolute Gasteiger partial charge is 0.494 e. The second-order valence-electron chi connectivity index (χ2n) is 6.64. The Morgan fingerprint density at radius 2 is 1.38 bits per heavy atom. The Labute approximate surface area is 156 Å². The highest BCUT2D eigenvalue weighted by molar-refractivity contribution is 5.31. The van der Waals surface area contributed by atoms with Crippen LogP contribution >= 0.6 is 0 Å². The number of hydrogen-bond donors (Lipinski definition) is 0. The molecule has 5 nitrogen and oxygen atoms in total. The quantitative estimate of drug-likeness (QED) is 0.691. The fourth-order valence-electron chi connectivity index (χ4n) is 3.06. The summed E-state index contributed by atoms with van der Waals surface area (Å²) >= 11 is 0. The van der Waals surface area contributed by atoms with Crippen molar-refractivity contribution in [2.45, 2.75) is 19.9 Å². The molecule has 1 saturated heterocycles. The average Bonchev–Trinajstić information content (AvgIpc) is 2.69. The van der Waals surface area contributed by atoms with Crippen molar-refractivity contribution >= 4 is 0 Å². The summed E-state index contributed by atoms with van der Waals surface area (Å²) in [6.45, 7) is 9.97. The molecule has 140 valence electrons. The SMILES string of the molecule is CCCOc1ccc(OCCN2CCN(Cc3ccncc3)CC2)cc1. The van der Waals surface area contributed by atoms with Crippen LogP contribution in [-0.4, -0.2) is 60.7 Å². The Morgan fingerprint density at radius 3 is 2.00 bits per heavy atom. The van der Waals surface area contributed by atoms with E-state index in [2.05, 4.69) is 33.8 Å². The monoisotopic (exact) mass is 355 g/mol. The van der Waals surface area contributed by atoms with E-state index >= 15 is 0 Å². The first-order chi connectivity index (χ1) is 12.8. The molecule has 0 spiro atoms. The number of aromatic nitrogens is 1. The summed E-state index contributed by atoms with van der Waals surface area (Å²) in [5.74, 6) is 1.81. The number of nitrogens with zero attached hydrogens (tertiary/aromatic N) is 3. The van der Waals surface area contributed by atoms with Gasteiger partial charge in [-0.1, -0.05) is 6.92 Å². The number of piperazine rings is 1. The van der Waals surface area contributed by atoms with Crippen LogP contribution in [0.25, 0.3) is 0 Å². The molecule has 26 heavy (non-hydrogen) atoms. The summed E-state index contributed by atoms with van der Waals surface area (Å²) in [5, 5.41) is 0. The summed E-state index contributed by atoms with van der Waals surface area (Å²) in [6, 6.07) is 12.1. The van der Waals surface area contributed by atoms with Gasteiger partial charge in [0.2, 0.25) is 0 Å². The van der Waals surface area contributed by atoms with E-state index in [0.29, 0.717) is 0 Å². The van der Waals surface area contributed by atoms with E-state index in [9.17, 15) is 0 Å². The fourth-order valence-corrected chi connectivity index (χ4v) is 3.06. The van der Waals surface area contributed by atoms with Crippen LogP contribution in [0.1, 0.15) is 18.9 Å². The molecular formula is C21H29N3O2. The lowest BCUT2D eigenvalue weighted by Crippen LogP contribution is -2.47. The lowest BCUT2D eigenvalue weighted by Gasteiger charge is -2.34. The molecule has 0 saturated carbocycles. The third-order valence-corrected chi connectivity index (χ3v) is 4.59. The topological polar surface area (TPSA) is 37.8 Å². The van der Waals surface area contributed by atoms with Gasteiger partial charge in [0.1, 0.15) is 18.1 Å². The molecule has 1 aliphatic rings. The zero-order valence-electron chi connectivity index (χ0n) is 15.6. The molecule has 1 aromatic heterocycles. The second-order valence-corrected chi connectivity index (χ2v) is 6.64. The minimum atomic E-state index is 0.722. The molecule has 1 aromatic carbocycles. The van der Waals surface area contributed by atoms with Gasteiger partial charge in [0.15, 0.2) is 0 Å². The lowest BCUT2D eigenvalue weighted by molar-refractivity contribution is 0.112. The van der Waals surface area contributed by atoms with Gasteiger partial charge in [-0.15, -0.1) is 0 Å². The van der Waals surface area contributed by atoms with Crippen molar-refractivity contribution in [1.29, 1.82) is 0 Å². The highest BCUT2D eigenvalue weighted by atomic mass is 16.5. The molecular weight excluding hydrogens is 326 g/mol. The van der Waals surface area contributed by atoms with Crippen molar-refractivity contribution in [2.24, 2.45) is 0 Å². The van der Waals surface area contributed by atoms with Crippen LogP contribution in [-0.2, 0) is 6.54 Å². The lowest BCUT2D eigenvalue weighted by atomic mass is 10.2. The van der Waals surface area contributed by atoms with Crippen LogP contribution in [0, 0.1) is 0 Å². The summed E-state index contributed by atoms with van der Waals surface area (Å²) in [4.78, 5) is 9.06. The van der Waals surface area contributed by atoms with Crippen LogP contribution in [0.2, 0.25) is 0 Å². The van der Waals surface area contributed by atoms with E-state index in [1.54, 1.807) is 0 Å². The van der Waals surface area contributed by atoms with E-state index in [1.807, 2.05) is 36.7 Å². The zero-order valence-corrected chi connectivity index (χ0v) is 15.6. The van der Waals surface area contributed by atoms with Crippen LogP contribution in [0.3, 0.4) is 0 Å². The maximum Gasteiger partial charge on any atom is 0.119 e. The van der Waals surface area contributed by atoms with Gasteiger partial charge in [-0.25, -0.2) is 0 Å². The molecule has 0 aliphatic carbocycles. The zero-order chi connectivity index (χ0) is 18.0. The van der Waals surface area contributed by atoms with E-state index in [-0.39, 0.29) is 0 Å². The number of hydrogen-bond acceptors (Lipinski definition) is 5. The van der Waals surface area contributed by atoms with Crippen LogP contribution in [0.5, 0.6) is 11.5 Å². The first kappa shape index (κ1) is 18.7. The van der Waals surface area contributed by atoms with Crippen molar-refractivity contribution in [1.82, 2.24) is 14.8 Å². The minimum Gasteiger partial charge on any atom is -0.494 e. The Morgan fingerprint density at radius 1 is 0.808 bits per heavy atom. The minimum absolute atomic E-state index is 0.722. The fraction of sp³-hybridized carbons (Fsp3) is 0.476. The molecule has 0 radical (unpaired) electrons. The van der Waals surface area contributed by atoms with Crippen molar-refractivity contribution in [3.8, 4) is 11.5 Å². The summed E-state index contributed by atoms with van der Waals surface area (Å²) in [5.41, 5.74) is 1.34. The van der Waals surface area contributed by atoms with Crippen LogP contribution in [0.4, 0.5) is 0 Å². The molecule has 2 aromatic rings. The first-order valence-corrected chi connectivity index (χ1v) is 9.53. The third-order valence-electron chi connectivity index (χ3n) is 4.59. The molecule has 1 aliphatic heterocycles. The maximum absolute atomic E-state index is 5.87. The Bertz CT molecular complexity index is 625. The number of pyridine rings is 1. The van der Waals surface area contributed by atoms with Gasteiger partial charge in [0.05, 0.1) is 6.61 Å². The number of rotatable bonds is 9. The van der Waals surface area contributed by atoms with Crippen molar-refractivity contribution in [3.05, 3.63) is 54.4 Å². The highest BCUT2D eigenvalue weighted by Gasteiger charge is 2.16. The standard InChI is InChI=1S/C21H29N3O2/c1-2-16-25-20-3-5-21(6-4-20)26-17-15-23-11-13-24(14-12-23)18-19-7-9-22-10-8-19/h3-10H,2,11-18H2,1H3. The summed E-state index contributed by atoms with van der Waals surface area (Å²) < 4.78 is 11.5. The number of benzene rings is 1. The van der Waals surface area contributed by atoms with E-state index in [0.717, 1.165) is 70.4 Å². The van der Waals surface area contributed by atoms with Gasteiger partial charge >= 0.3 is 0 Å². The molecule has 0 N–H and O–H groups in total. The number of ether oxygens (including phenoxy) is 2. The van der Waals surface area contributed by atoms with Crippen LogP contribution in [0.15, 0.2) is 48.8 Å². The maximum atomic E-state index is 5.87. The highest BCUT2D eigenvalue weighted by Crippen LogP contribution is 2.17. The molecule has 5 heteroatoms. The van der Waals surface area contributed by atoms with E-state index in [4.69, 9.17) is 9.47 Å². The van der Waals surface area contributed by atoms with Crippen molar-refractivity contribution in [3.63, 3.8) is 0 Å². The Balaban J connectivity index is 1.32. The average molecular weight is 355 g/mol. The molecule has 0 unspecified atom stereocenters. The Hall–Kier alpha value is -2.11. The van der Waals surface area contributed by atoms with Gasteiger partial charge in [-0.05, 0) is 48.4 Å². The summed E-state index contributed by atoms with van der Waals surface area (Å²) in [7, 11) is 0. The van der Waals surface area contributed by atoms with Gasteiger partial charge in [-0.2, -0.15) is 0 Å². The summed E-state index contributed by atoms with van der Waals surface area (Å²) in [6.07, 6.45) is 4.75. The van der Waals surface area contributed by atoms with Gasteiger partial charge in [0.25, 0.3) is 0 Å². The smallest absolute Gasteiger partial charge is 0.119 e. The van der Waals surface area contributed by atoms with E-state index in [1.165, 1.54) is 5.56 Å². The van der Waals surface area contributed by atoms with Crippen LogP contribution < -0.4 is 9.47 Å². The van der Waals surface area contributed by atoms with E-state index < -0.39 is 0 Å². The van der Waals surface area contributed by atoms with Gasteiger partial charge < -0.3 is 9.47 Å². The molecule has 1 fully saturated rings. The van der Waals surface area contributed by atoms with Crippen molar-refractivity contribution < 1.29 is 9.47 Å². The van der Waals surface area contributed by atoms with Gasteiger partial charge in [-0.3, -0.25) is 14.8 Å². The molecule has 0 atom stereocenters. The normalized spacial score (nSPS) is 15.7. The molecule has 0 amide bonds. The third kappa shape index (κ3) is 6.00. The predicted octanol–water partition coefficient (Wildman–Crippen LogP) is 3.07. The van der Waals surface area contributed by atoms with Gasteiger partial charge in [0, 0.05) is 51.7 Å². The first-order valence-electron chi connectivity index (χ1n) is 9.53.